The van der Waals surface area contributed by atoms with Crippen molar-refractivity contribution in [3.63, 3.8) is 0 Å². The predicted octanol–water partition coefficient (Wildman–Crippen LogP) is 5.33. The summed E-state index contributed by atoms with van der Waals surface area (Å²) < 4.78 is 13.2. The first-order valence-electron chi connectivity index (χ1n) is 9.61. The first kappa shape index (κ1) is 20.2. The van der Waals surface area contributed by atoms with Crippen LogP contribution >= 0.6 is 11.8 Å². The van der Waals surface area contributed by atoms with Crippen LogP contribution in [0.25, 0.3) is 0 Å². The SMILES string of the molecule is Cc1ccc(NC(=O)c2ccc3c(c2)N(Cc2ccc(F)cc2)C(=O)CS3)c(C)c1. The number of nitrogens with zero attached hydrogens (tertiary/aromatic N) is 1. The highest BCUT2D eigenvalue weighted by molar-refractivity contribution is 8.00. The van der Waals surface area contributed by atoms with Crippen molar-refractivity contribution in [3.05, 3.63) is 88.7 Å². The molecule has 2 amide bonds. The molecule has 0 fully saturated rings. The smallest absolute Gasteiger partial charge is 0.255 e. The second-order valence-corrected chi connectivity index (χ2v) is 8.37. The van der Waals surface area contributed by atoms with E-state index in [0.29, 0.717) is 23.5 Å². The Bertz CT molecular complexity index is 1130. The van der Waals surface area contributed by atoms with E-state index in [-0.39, 0.29) is 17.6 Å². The summed E-state index contributed by atoms with van der Waals surface area (Å²) in [5.41, 5.74) is 4.89. The molecule has 0 aliphatic carbocycles. The van der Waals surface area contributed by atoms with E-state index in [9.17, 15) is 14.0 Å². The zero-order valence-corrected chi connectivity index (χ0v) is 17.6. The number of carbonyl (C=O) groups excluding carboxylic acids is 2. The summed E-state index contributed by atoms with van der Waals surface area (Å²) in [6.07, 6.45) is 0. The first-order valence-corrected chi connectivity index (χ1v) is 10.6. The second-order valence-electron chi connectivity index (χ2n) is 7.35. The van der Waals surface area contributed by atoms with E-state index in [4.69, 9.17) is 0 Å². The lowest BCUT2D eigenvalue weighted by molar-refractivity contribution is -0.116. The van der Waals surface area contributed by atoms with Crippen LogP contribution in [-0.4, -0.2) is 17.6 Å². The predicted molar refractivity (Wildman–Crippen MR) is 119 cm³/mol. The van der Waals surface area contributed by atoms with Gasteiger partial charge in [-0.15, -0.1) is 11.8 Å². The van der Waals surface area contributed by atoms with Crippen molar-refractivity contribution in [1.82, 2.24) is 0 Å². The molecular formula is C24H21FN2O2S. The Kier molecular flexibility index (Phi) is 5.59. The van der Waals surface area contributed by atoms with Gasteiger partial charge in [0.2, 0.25) is 5.91 Å². The van der Waals surface area contributed by atoms with Crippen LogP contribution in [0.15, 0.2) is 65.6 Å². The fourth-order valence-electron chi connectivity index (χ4n) is 3.44. The van der Waals surface area contributed by atoms with Crippen LogP contribution in [0.2, 0.25) is 0 Å². The van der Waals surface area contributed by atoms with E-state index in [1.807, 2.05) is 38.1 Å². The van der Waals surface area contributed by atoms with Gasteiger partial charge in [-0.05, 0) is 61.4 Å². The number of halogens is 1. The molecular weight excluding hydrogens is 399 g/mol. The van der Waals surface area contributed by atoms with Crippen LogP contribution in [0.1, 0.15) is 27.0 Å². The fourth-order valence-corrected chi connectivity index (χ4v) is 4.35. The number of anilines is 2. The average Bonchev–Trinajstić information content (AvgIpc) is 2.73. The van der Waals surface area contributed by atoms with Crippen LogP contribution in [-0.2, 0) is 11.3 Å². The van der Waals surface area contributed by atoms with Gasteiger partial charge in [0.05, 0.1) is 18.0 Å². The van der Waals surface area contributed by atoms with Gasteiger partial charge in [0, 0.05) is 16.1 Å². The molecule has 1 aliphatic rings. The number of aryl methyl sites for hydroxylation is 2. The second kappa shape index (κ2) is 8.32. The molecule has 0 spiro atoms. The summed E-state index contributed by atoms with van der Waals surface area (Å²) in [7, 11) is 0. The highest BCUT2D eigenvalue weighted by Crippen LogP contribution is 2.37. The molecule has 0 saturated carbocycles. The number of hydrogen-bond acceptors (Lipinski definition) is 3. The standard InChI is InChI=1S/C24H21FN2O2S/c1-15-3-9-20(16(2)11-15)26-24(29)18-6-10-22-21(12-18)27(23(28)14-30-22)13-17-4-7-19(25)8-5-17/h3-12H,13-14H2,1-2H3,(H,26,29). The molecule has 152 valence electrons. The number of amides is 2. The minimum atomic E-state index is -0.315. The van der Waals surface area contributed by atoms with Gasteiger partial charge in [-0.25, -0.2) is 4.39 Å². The summed E-state index contributed by atoms with van der Waals surface area (Å²) in [4.78, 5) is 28.1. The van der Waals surface area contributed by atoms with Crippen molar-refractivity contribution in [3.8, 4) is 0 Å². The Morgan fingerprint density at radius 2 is 1.83 bits per heavy atom. The van der Waals surface area contributed by atoms with Gasteiger partial charge in [0.15, 0.2) is 0 Å². The van der Waals surface area contributed by atoms with E-state index in [1.165, 1.54) is 23.9 Å². The number of benzene rings is 3. The molecule has 30 heavy (non-hydrogen) atoms. The van der Waals surface area contributed by atoms with E-state index in [1.54, 1.807) is 29.2 Å². The molecule has 1 N–H and O–H groups in total. The van der Waals surface area contributed by atoms with Crippen molar-refractivity contribution in [2.75, 3.05) is 16.0 Å². The summed E-state index contributed by atoms with van der Waals surface area (Å²) in [5, 5.41) is 2.95. The third kappa shape index (κ3) is 4.24. The van der Waals surface area contributed by atoms with E-state index >= 15 is 0 Å². The van der Waals surface area contributed by atoms with Gasteiger partial charge in [0.1, 0.15) is 5.82 Å². The Labute approximate surface area is 179 Å². The number of carbonyl (C=O) groups is 2. The molecule has 3 aromatic rings. The normalized spacial score (nSPS) is 13.2. The average molecular weight is 421 g/mol. The van der Waals surface area contributed by atoms with Gasteiger partial charge in [-0.2, -0.15) is 0 Å². The van der Waals surface area contributed by atoms with Gasteiger partial charge < -0.3 is 10.2 Å². The maximum Gasteiger partial charge on any atom is 0.255 e. The highest BCUT2D eigenvalue weighted by Gasteiger charge is 2.26. The van der Waals surface area contributed by atoms with Gasteiger partial charge in [-0.1, -0.05) is 29.8 Å². The van der Waals surface area contributed by atoms with E-state index in [2.05, 4.69) is 5.32 Å². The Morgan fingerprint density at radius 1 is 1.07 bits per heavy atom. The van der Waals surface area contributed by atoms with Crippen molar-refractivity contribution in [2.45, 2.75) is 25.3 Å². The van der Waals surface area contributed by atoms with Crippen LogP contribution < -0.4 is 10.2 Å². The zero-order valence-electron chi connectivity index (χ0n) is 16.7. The van der Waals surface area contributed by atoms with Crippen LogP contribution in [0, 0.1) is 19.7 Å². The molecule has 0 radical (unpaired) electrons. The lowest BCUT2D eigenvalue weighted by atomic mass is 10.1. The fraction of sp³-hybridized carbons (Fsp3) is 0.167. The molecule has 1 heterocycles. The number of rotatable bonds is 4. The lowest BCUT2D eigenvalue weighted by Gasteiger charge is -2.29. The molecule has 4 rings (SSSR count). The lowest BCUT2D eigenvalue weighted by Crippen LogP contribution is -2.35. The molecule has 0 atom stereocenters. The van der Waals surface area contributed by atoms with Crippen LogP contribution in [0.4, 0.5) is 15.8 Å². The molecule has 0 saturated heterocycles. The number of fused-ring (bicyclic) bond motifs is 1. The Balaban J connectivity index is 1.61. The van der Waals surface area contributed by atoms with Crippen molar-refractivity contribution in [1.29, 1.82) is 0 Å². The third-order valence-electron chi connectivity index (χ3n) is 5.05. The molecule has 3 aromatic carbocycles. The maximum atomic E-state index is 13.2. The minimum absolute atomic E-state index is 0.0382. The summed E-state index contributed by atoms with van der Waals surface area (Å²) in [6, 6.07) is 17.4. The summed E-state index contributed by atoms with van der Waals surface area (Å²) >= 11 is 1.46. The minimum Gasteiger partial charge on any atom is -0.322 e. The molecule has 4 nitrogen and oxygen atoms in total. The van der Waals surface area contributed by atoms with Crippen molar-refractivity contribution >= 4 is 35.0 Å². The molecule has 0 unspecified atom stereocenters. The first-order chi connectivity index (χ1) is 14.4. The molecule has 0 aromatic heterocycles. The number of nitrogens with one attached hydrogen (secondary N) is 1. The maximum absolute atomic E-state index is 13.2. The molecule has 0 bridgehead atoms. The van der Waals surface area contributed by atoms with E-state index < -0.39 is 0 Å². The quantitative estimate of drug-likeness (QED) is 0.620. The van der Waals surface area contributed by atoms with Crippen LogP contribution in [0.3, 0.4) is 0 Å². The third-order valence-corrected chi connectivity index (χ3v) is 6.10. The topological polar surface area (TPSA) is 49.4 Å². The van der Waals surface area contributed by atoms with E-state index in [0.717, 1.165) is 27.3 Å². The Hall–Kier alpha value is -3.12. The molecule has 1 aliphatic heterocycles. The van der Waals surface area contributed by atoms with Crippen LogP contribution in [0.5, 0.6) is 0 Å². The van der Waals surface area contributed by atoms with Crippen molar-refractivity contribution < 1.29 is 14.0 Å². The number of hydrogen-bond donors (Lipinski definition) is 1. The monoisotopic (exact) mass is 420 g/mol. The summed E-state index contributed by atoms with van der Waals surface area (Å²) in [5.74, 6) is -0.245. The van der Waals surface area contributed by atoms with Gasteiger partial charge in [-0.3, -0.25) is 9.59 Å². The van der Waals surface area contributed by atoms with Gasteiger partial charge >= 0.3 is 0 Å². The summed E-state index contributed by atoms with van der Waals surface area (Å²) in [6.45, 7) is 4.29. The van der Waals surface area contributed by atoms with Crippen molar-refractivity contribution in [2.24, 2.45) is 0 Å². The zero-order chi connectivity index (χ0) is 21.3. The van der Waals surface area contributed by atoms with Gasteiger partial charge in [0.25, 0.3) is 5.91 Å². The largest absolute Gasteiger partial charge is 0.322 e. The highest BCUT2D eigenvalue weighted by atomic mass is 32.2. The Morgan fingerprint density at radius 3 is 2.57 bits per heavy atom. The number of thioether (sulfide) groups is 1. The molecule has 6 heteroatoms.